The van der Waals surface area contributed by atoms with E-state index in [0.717, 1.165) is 20.9 Å². The van der Waals surface area contributed by atoms with Gasteiger partial charge < -0.3 is 9.47 Å². The zero-order valence-electron chi connectivity index (χ0n) is 23.8. The van der Waals surface area contributed by atoms with E-state index in [1.54, 1.807) is 0 Å². The number of benzene rings is 4. The topological polar surface area (TPSA) is 52.6 Å². The molecule has 4 nitrogen and oxygen atoms in total. The van der Waals surface area contributed by atoms with E-state index in [9.17, 15) is 9.59 Å². The van der Waals surface area contributed by atoms with E-state index in [1.807, 2.05) is 122 Å². The van der Waals surface area contributed by atoms with Crippen molar-refractivity contribution in [1.29, 1.82) is 0 Å². The van der Waals surface area contributed by atoms with E-state index >= 15 is 0 Å². The monoisotopic (exact) mass is 594 g/mol. The maximum absolute atomic E-state index is 13.5. The predicted molar refractivity (Wildman–Crippen MR) is 174 cm³/mol. The van der Waals surface area contributed by atoms with E-state index in [0.29, 0.717) is 22.3 Å². The zero-order valence-corrected chi connectivity index (χ0v) is 25.5. The molecule has 0 aliphatic heterocycles. The van der Waals surface area contributed by atoms with Crippen molar-refractivity contribution in [3.05, 3.63) is 156 Å². The van der Waals surface area contributed by atoms with Crippen molar-refractivity contribution < 1.29 is 19.1 Å². The third-order valence-corrected chi connectivity index (χ3v) is 8.37. The molecule has 4 aromatic carbocycles. The molecule has 0 radical (unpaired) electrons. The SMILES string of the molecule is C=C(C(=O)c1ccccc1SC)C(OCCOC(C(=C)C(=O)c1ccccc1SC)c1ccccc1)c1ccccc1. The number of thioether (sulfide) groups is 2. The summed E-state index contributed by atoms with van der Waals surface area (Å²) in [5, 5.41) is 0. The van der Waals surface area contributed by atoms with Crippen LogP contribution in [0.2, 0.25) is 0 Å². The molecule has 0 amide bonds. The fourth-order valence-electron chi connectivity index (χ4n) is 4.63. The number of carbonyl (C=O) groups is 2. The zero-order chi connectivity index (χ0) is 29.9. The first kappa shape index (κ1) is 31.3. The molecule has 214 valence electrons. The first-order valence-electron chi connectivity index (χ1n) is 13.5. The van der Waals surface area contributed by atoms with Gasteiger partial charge in [-0.2, -0.15) is 0 Å². The molecular formula is C36H34O4S2. The Balaban J connectivity index is 1.51. The van der Waals surface area contributed by atoms with Gasteiger partial charge in [-0.1, -0.05) is 98.1 Å². The molecule has 42 heavy (non-hydrogen) atoms. The van der Waals surface area contributed by atoms with Gasteiger partial charge in [-0.05, 0) is 47.9 Å². The molecule has 0 bridgehead atoms. The quantitative estimate of drug-likeness (QED) is 0.0593. The molecular weight excluding hydrogens is 561 g/mol. The minimum atomic E-state index is -0.661. The molecule has 0 saturated carbocycles. The van der Waals surface area contributed by atoms with Crippen molar-refractivity contribution in [3.63, 3.8) is 0 Å². The van der Waals surface area contributed by atoms with Crippen molar-refractivity contribution in [2.45, 2.75) is 22.0 Å². The summed E-state index contributed by atoms with van der Waals surface area (Å²) in [7, 11) is 0. The van der Waals surface area contributed by atoms with Crippen LogP contribution in [0.3, 0.4) is 0 Å². The summed E-state index contributed by atoms with van der Waals surface area (Å²) >= 11 is 3.03. The number of carbonyl (C=O) groups excluding carboxylic acids is 2. The number of ketones is 2. The largest absolute Gasteiger partial charge is 0.366 e. The lowest BCUT2D eigenvalue weighted by atomic mass is 9.95. The standard InChI is InChI=1S/C36H34O4S2/c1-25(33(37)29-19-11-13-21-31(29)41-3)35(27-15-7-5-8-16-27)39-23-24-40-36(28-17-9-6-10-18-28)26(2)34(38)30-20-12-14-22-32(30)42-4/h5-22,35-36H,1-2,23-24H2,3-4H3. The van der Waals surface area contributed by atoms with Gasteiger partial charge >= 0.3 is 0 Å². The van der Waals surface area contributed by atoms with Gasteiger partial charge in [0.15, 0.2) is 11.6 Å². The molecule has 0 aliphatic rings. The van der Waals surface area contributed by atoms with Gasteiger partial charge in [0.1, 0.15) is 12.2 Å². The van der Waals surface area contributed by atoms with E-state index in [4.69, 9.17) is 9.47 Å². The Kier molecular flexibility index (Phi) is 11.6. The number of ether oxygens (including phenoxy) is 2. The van der Waals surface area contributed by atoms with E-state index in [1.165, 1.54) is 23.5 Å². The summed E-state index contributed by atoms with van der Waals surface area (Å²) in [6, 6.07) is 34.1. The first-order chi connectivity index (χ1) is 20.5. The van der Waals surface area contributed by atoms with Crippen LogP contribution in [0.15, 0.2) is 143 Å². The van der Waals surface area contributed by atoms with Crippen LogP contribution in [0.1, 0.15) is 44.1 Å². The maximum Gasteiger partial charge on any atom is 0.192 e. The molecule has 4 rings (SSSR count). The molecule has 6 heteroatoms. The third kappa shape index (κ3) is 7.58. The summed E-state index contributed by atoms with van der Waals surface area (Å²) in [5.41, 5.74) is 3.53. The van der Waals surface area contributed by atoms with Gasteiger partial charge in [0.2, 0.25) is 0 Å². The van der Waals surface area contributed by atoms with Gasteiger partial charge in [0, 0.05) is 32.1 Å². The van der Waals surface area contributed by atoms with Crippen molar-refractivity contribution in [2.75, 3.05) is 25.7 Å². The molecule has 4 aromatic rings. The van der Waals surface area contributed by atoms with Crippen molar-refractivity contribution in [1.82, 2.24) is 0 Å². The highest BCUT2D eigenvalue weighted by Gasteiger charge is 2.26. The fraction of sp³-hybridized carbons (Fsp3) is 0.167. The summed E-state index contributed by atoms with van der Waals surface area (Å²) in [6.07, 6.45) is 2.56. The van der Waals surface area contributed by atoms with Gasteiger partial charge in [0.25, 0.3) is 0 Å². The van der Waals surface area contributed by atoms with Crippen molar-refractivity contribution >= 4 is 35.1 Å². The predicted octanol–water partition coefficient (Wildman–Crippen LogP) is 8.82. The molecule has 0 heterocycles. The second kappa shape index (κ2) is 15.5. The summed E-state index contributed by atoms with van der Waals surface area (Å²) in [6.45, 7) is 8.66. The van der Waals surface area contributed by atoms with Crippen LogP contribution in [0.5, 0.6) is 0 Å². The number of hydrogen-bond donors (Lipinski definition) is 0. The van der Waals surface area contributed by atoms with E-state index in [-0.39, 0.29) is 24.8 Å². The summed E-state index contributed by atoms with van der Waals surface area (Å²) in [5.74, 6) is -0.327. The summed E-state index contributed by atoms with van der Waals surface area (Å²) in [4.78, 5) is 28.9. The van der Waals surface area contributed by atoms with Crippen LogP contribution in [0.4, 0.5) is 0 Å². The lowest BCUT2D eigenvalue weighted by molar-refractivity contribution is -0.00303. The van der Waals surface area contributed by atoms with Crippen LogP contribution >= 0.6 is 23.5 Å². The third-order valence-electron chi connectivity index (χ3n) is 6.78. The minimum Gasteiger partial charge on any atom is -0.366 e. The maximum atomic E-state index is 13.5. The second-order valence-corrected chi connectivity index (χ2v) is 11.1. The first-order valence-corrected chi connectivity index (χ1v) is 16.0. The van der Waals surface area contributed by atoms with Gasteiger partial charge in [-0.3, -0.25) is 9.59 Å². The van der Waals surface area contributed by atoms with Crippen LogP contribution < -0.4 is 0 Å². The van der Waals surface area contributed by atoms with Gasteiger partial charge in [-0.15, -0.1) is 23.5 Å². The Morgan fingerprint density at radius 2 is 0.905 bits per heavy atom. The lowest BCUT2D eigenvalue weighted by Crippen LogP contribution is -2.20. The molecule has 0 aromatic heterocycles. The van der Waals surface area contributed by atoms with E-state index < -0.39 is 12.2 Å². The van der Waals surface area contributed by atoms with Crippen molar-refractivity contribution in [2.24, 2.45) is 0 Å². The highest BCUT2D eigenvalue weighted by molar-refractivity contribution is 7.99. The average molecular weight is 595 g/mol. The number of hydrogen-bond acceptors (Lipinski definition) is 6. The number of rotatable bonds is 15. The van der Waals surface area contributed by atoms with E-state index in [2.05, 4.69) is 13.2 Å². The highest BCUT2D eigenvalue weighted by Crippen LogP contribution is 2.32. The Morgan fingerprint density at radius 1 is 0.571 bits per heavy atom. The molecule has 0 fully saturated rings. The lowest BCUT2D eigenvalue weighted by Gasteiger charge is -2.23. The fourth-order valence-corrected chi connectivity index (χ4v) is 5.82. The average Bonchev–Trinajstić information content (AvgIpc) is 3.06. The Morgan fingerprint density at radius 3 is 1.26 bits per heavy atom. The highest BCUT2D eigenvalue weighted by atomic mass is 32.2. The van der Waals surface area contributed by atoms with Gasteiger partial charge in [0.05, 0.1) is 13.2 Å². The smallest absolute Gasteiger partial charge is 0.192 e. The second-order valence-electron chi connectivity index (χ2n) is 9.43. The van der Waals surface area contributed by atoms with Crippen LogP contribution in [-0.2, 0) is 9.47 Å². The Hall–Kier alpha value is -3.68. The molecule has 2 unspecified atom stereocenters. The molecule has 0 spiro atoms. The Labute approximate surface area is 256 Å². The molecule has 0 saturated heterocycles. The molecule has 2 atom stereocenters. The van der Waals surface area contributed by atoms with Crippen LogP contribution in [0, 0.1) is 0 Å². The Bertz CT molecular complexity index is 1420. The normalized spacial score (nSPS) is 12.3. The molecule has 0 N–H and O–H groups in total. The van der Waals surface area contributed by atoms with Crippen LogP contribution in [-0.4, -0.2) is 37.3 Å². The number of Topliss-reactive ketones (excluding diaryl/α,β-unsaturated/α-hetero) is 2. The van der Waals surface area contributed by atoms with Gasteiger partial charge in [-0.25, -0.2) is 0 Å². The minimum absolute atomic E-state index is 0.164. The van der Waals surface area contributed by atoms with Crippen LogP contribution in [0.25, 0.3) is 0 Å². The van der Waals surface area contributed by atoms with Crippen molar-refractivity contribution in [3.8, 4) is 0 Å². The summed E-state index contributed by atoms with van der Waals surface area (Å²) < 4.78 is 12.6. The molecule has 0 aliphatic carbocycles.